The third kappa shape index (κ3) is 2.56. The average Bonchev–Trinajstić information content (AvgIpc) is 2.82. The Morgan fingerprint density at radius 3 is 2.65 bits per heavy atom. The molecule has 0 unspecified atom stereocenters. The van der Waals surface area contributed by atoms with Crippen molar-refractivity contribution in [2.75, 3.05) is 7.11 Å². The first-order valence-corrected chi connectivity index (χ1v) is 7.76. The summed E-state index contributed by atoms with van der Waals surface area (Å²) in [7, 11) is 1.70. The fourth-order valence-electron chi connectivity index (χ4n) is 4.39. The number of carbonyl (C=O) groups excluding carboxylic acids is 1. The van der Waals surface area contributed by atoms with Gasteiger partial charge >= 0.3 is 0 Å². The zero-order chi connectivity index (χ0) is 14.6. The summed E-state index contributed by atoms with van der Waals surface area (Å²) >= 11 is 0. The van der Waals surface area contributed by atoms with Crippen LogP contribution in [0.1, 0.15) is 43.2 Å². The molecule has 2 aromatic carbocycles. The molecule has 2 aliphatic rings. The largest absolute Gasteiger partial charge is 0.497 e. The number of aryl methyl sites for hydroxylation is 1. The van der Waals surface area contributed by atoms with Gasteiger partial charge in [-0.05, 0) is 59.2 Å². The van der Waals surface area contributed by atoms with Crippen LogP contribution in [0.2, 0.25) is 0 Å². The SMILES string of the molecule is COc1ccc2c3c(ccc2c1)[C@@H]1CCC(=O)[C@@]1(C)CC3.S.S. The van der Waals surface area contributed by atoms with E-state index in [1.165, 1.54) is 21.9 Å². The zero-order valence-corrected chi connectivity index (χ0v) is 15.6. The summed E-state index contributed by atoms with van der Waals surface area (Å²) < 4.78 is 5.32. The first kappa shape index (κ1) is 18.2. The molecule has 0 spiro atoms. The first-order valence-electron chi connectivity index (χ1n) is 7.76. The maximum atomic E-state index is 12.3. The van der Waals surface area contributed by atoms with Crippen LogP contribution in [-0.4, -0.2) is 12.9 Å². The minimum Gasteiger partial charge on any atom is -0.497 e. The number of benzene rings is 2. The molecule has 2 nitrogen and oxygen atoms in total. The smallest absolute Gasteiger partial charge is 0.139 e. The molecule has 124 valence electrons. The second-order valence-electron chi connectivity index (χ2n) is 6.65. The highest BCUT2D eigenvalue weighted by Gasteiger charge is 2.49. The van der Waals surface area contributed by atoms with E-state index >= 15 is 0 Å². The van der Waals surface area contributed by atoms with Crippen molar-refractivity contribution in [2.24, 2.45) is 5.41 Å². The third-order valence-corrected chi connectivity index (χ3v) is 5.71. The summed E-state index contributed by atoms with van der Waals surface area (Å²) in [6.07, 6.45) is 3.78. The van der Waals surface area contributed by atoms with Crippen LogP contribution in [0.3, 0.4) is 0 Å². The van der Waals surface area contributed by atoms with Crippen LogP contribution in [0.4, 0.5) is 0 Å². The van der Waals surface area contributed by atoms with Crippen molar-refractivity contribution in [3.8, 4) is 5.75 Å². The maximum Gasteiger partial charge on any atom is 0.139 e. The monoisotopic (exact) mass is 348 g/mol. The molecule has 1 saturated carbocycles. The molecule has 0 heterocycles. The van der Waals surface area contributed by atoms with Crippen molar-refractivity contribution in [2.45, 2.75) is 38.5 Å². The Hall–Kier alpha value is -1.13. The Kier molecular flexibility index (Phi) is 5.07. The molecular weight excluding hydrogens is 324 g/mol. The third-order valence-electron chi connectivity index (χ3n) is 5.71. The minimum atomic E-state index is -0.118. The fourth-order valence-corrected chi connectivity index (χ4v) is 4.39. The fraction of sp³-hybridized carbons (Fsp3) is 0.421. The summed E-state index contributed by atoms with van der Waals surface area (Å²) in [5, 5.41) is 2.57. The van der Waals surface area contributed by atoms with E-state index in [1.807, 2.05) is 6.07 Å². The van der Waals surface area contributed by atoms with Gasteiger partial charge in [-0.15, -0.1) is 0 Å². The van der Waals surface area contributed by atoms with Crippen LogP contribution < -0.4 is 4.74 Å². The molecular formula is C19H24O2S2. The Morgan fingerprint density at radius 1 is 1.13 bits per heavy atom. The lowest BCUT2D eigenvalue weighted by molar-refractivity contribution is -0.126. The van der Waals surface area contributed by atoms with Gasteiger partial charge in [-0.25, -0.2) is 0 Å². The summed E-state index contributed by atoms with van der Waals surface area (Å²) in [5.41, 5.74) is 2.74. The number of Topliss-reactive ketones (excluding diaryl/α,β-unsaturated/α-hetero) is 1. The summed E-state index contributed by atoms with van der Waals surface area (Å²) in [6, 6.07) is 10.7. The van der Waals surface area contributed by atoms with Crippen LogP contribution in [0.15, 0.2) is 30.3 Å². The van der Waals surface area contributed by atoms with Gasteiger partial charge in [0.1, 0.15) is 11.5 Å². The van der Waals surface area contributed by atoms with Crippen molar-refractivity contribution in [3.63, 3.8) is 0 Å². The van der Waals surface area contributed by atoms with E-state index in [2.05, 4.69) is 31.2 Å². The van der Waals surface area contributed by atoms with E-state index in [1.54, 1.807) is 7.11 Å². The molecule has 2 aliphatic carbocycles. The predicted molar refractivity (Wildman–Crippen MR) is 105 cm³/mol. The van der Waals surface area contributed by atoms with Gasteiger partial charge in [0.15, 0.2) is 0 Å². The molecule has 4 heteroatoms. The van der Waals surface area contributed by atoms with Crippen molar-refractivity contribution in [1.82, 2.24) is 0 Å². The van der Waals surface area contributed by atoms with E-state index in [0.717, 1.165) is 31.4 Å². The van der Waals surface area contributed by atoms with Gasteiger partial charge in [-0.2, -0.15) is 27.0 Å². The van der Waals surface area contributed by atoms with Crippen LogP contribution >= 0.6 is 27.0 Å². The average molecular weight is 349 g/mol. The molecule has 0 aliphatic heterocycles. The molecule has 0 aromatic heterocycles. The number of rotatable bonds is 1. The lowest BCUT2D eigenvalue weighted by atomic mass is 9.66. The molecule has 1 fully saturated rings. The molecule has 4 rings (SSSR count). The van der Waals surface area contributed by atoms with Crippen LogP contribution in [0, 0.1) is 5.41 Å². The topological polar surface area (TPSA) is 26.3 Å². The number of fused-ring (bicyclic) bond motifs is 5. The number of hydrogen-bond donors (Lipinski definition) is 0. The van der Waals surface area contributed by atoms with Gasteiger partial charge in [-0.3, -0.25) is 4.79 Å². The van der Waals surface area contributed by atoms with Crippen molar-refractivity contribution >= 4 is 43.5 Å². The molecule has 23 heavy (non-hydrogen) atoms. The molecule has 0 bridgehead atoms. The number of methoxy groups -OCH3 is 1. The number of carbonyl (C=O) groups is 1. The predicted octanol–water partition coefficient (Wildman–Crippen LogP) is 4.47. The number of hydrogen-bond acceptors (Lipinski definition) is 2. The van der Waals surface area contributed by atoms with Crippen LogP contribution in [0.5, 0.6) is 5.75 Å². The summed E-state index contributed by atoms with van der Waals surface area (Å²) in [4.78, 5) is 12.3. The van der Waals surface area contributed by atoms with Gasteiger partial charge in [0.05, 0.1) is 7.11 Å². The maximum absolute atomic E-state index is 12.3. The normalized spacial score (nSPS) is 25.1. The van der Waals surface area contributed by atoms with Crippen molar-refractivity contribution < 1.29 is 9.53 Å². The molecule has 2 atom stereocenters. The van der Waals surface area contributed by atoms with Gasteiger partial charge in [0.25, 0.3) is 0 Å². The Labute approximate surface area is 151 Å². The molecule has 0 radical (unpaired) electrons. The van der Waals surface area contributed by atoms with Gasteiger partial charge in [-0.1, -0.05) is 25.1 Å². The first-order chi connectivity index (χ1) is 10.1. The lowest BCUT2D eigenvalue weighted by Gasteiger charge is -2.37. The molecule has 2 aromatic rings. The Bertz CT molecular complexity index is 756. The van der Waals surface area contributed by atoms with Gasteiger partial charge in [0.2, 0.25) is 0 Å². The van der Waals surface area contributed by atoms with Crippen LogP contribution in [-0.2, 0) is 11.2 Å². The quantitative estimate of drug-likeness (QED) is 0.760. The zero-order valence-electron chi connectivity index (χ0n) is 13.6. The molecule has 0 amide bonds. The molecule has 0 saturated heterocycles. The Balaban J connectivity index is 0.000000960. The van der Waals surface area contributed by atoms with E-state index in [0.29, 0.717) is 11.7 Å². The minimum absolute atomic E-state index is 0. The van der Waals surface area contributed by atoms with Crippen molar-refractivity contribution in [3.05, 3.63) is 41.5 Å². The van der Waals surface area contributed by atoms with Crippen molar-refractivity contribution in [1.29, 1.82) is 0 Å². The highest BCUT2D eigenvalue weighted by molar-refractivity contribution is 7.59. The lowest BCUT2D eigenvalue weighted by Crippen LogP contribution is -2.32. The van der Waals surface area contributed by atoms with Gasteiger partial charge in [0, 0.05) is 11.8 Å². The Morgan fingerprint density at radius 2 is 1.91 bits per heavy atom. The van der Waals surface area contributed by atoms with E-state index in [4.69, 9.17) is 4.74 Å². The number of ether oxygens (including phenoxy) is 1. The van der Waals surface area contributed by atoms with E-state index in [-0.39, 0.29) is 32.4 Å². The summed E-state index contributed by atoms with van der Waals surface area (Å²) in [6.45, 7) is 2.17. The number of ketones is 1. The van der Waals surface area contributed by atoms with Gasteiger partial charge < -0.3 is 4.74 Å². The van der Waals surface area contributed by atoms with E-state index < -0.39 is 0 Å². The molecule has 0 N–H and O–H groups in total. The van der Waals surface area contributed by atoms with E-state index in [9.17, 15) is 4.79 Å². The second-order valence-corrected chi connectivity index (χ2v) is 6.65. The highest BCUT2D eigenvalue weighted by Crippen LogP contribution is 2.54. The summed E-state index contributed by atoms with van der Waals surface area (Å²) in [5.74, 6) is 1.78. The second kappa shape index (κ2) is 6.40. The standard InChI is InChI=1S/C19H20O2.2H2S/c1-19-10-9-15-14-6-4-13(21-2)11-12(14)3-5-16(15)17(19)7-8-18(19)20;;/h3-6,11,17H,7-10H2,1-2H3;2*1H2/t17-,19-;;/m0../s1. The van der Waals surface area contributed by atoms with Crippen LogP contribution in [0.25, 0.3) is 10.8 Å². The highest BCUT2D eigenvalue weighted by atomic mass is 32.1.